The van der Waals surface area contributed by atoms with Crippen LogP contribution in [-0.2, 0) is 9.47 Å². The van der Waals surface area contributed by atoms with Crippen molar-refractivity contribution in [3.05, 3.63) is 37.0 Å². The van der Waals surface area contributed by atoms with Gasteiger partial charge in [-0.05, 0) is 12.5 Å². The van der Waals surface area contributed by atoms with Crippen molar-refractivity contribution in [1.82, 2.24) is 0 Å². The first-order valence-corrected chi connectivity index (χ1v) is 4.35. The smallest absolute Gasteiger partial charge is 0.105 e. The van der Waals surface area contributed by atoms with Gasteiger partial charge in [-0.1, -0.05) is 31.4 Å². The molecule has 0 aliphatic rings. The summed E-state index contributed by atoms with van der Waals surface area (Å²) < 4.78 is 10.5. The van der Waals surface area contributed by atoms with Gasteiger partial charge in [0.1, 0.15) is 6.10 Å². The third-order valence-electron chi connectivity index (χ3n) is 1.68. The zero-order valence-electron chi connectivity index (χ0n) is 8.45. The molecule has 0 aromatic carbocycles. The number of methoxy groups -OCH3 is 1. The van der Waals surface area contributed by atoms with Crippen molar-refractivity contribution in [2.45, 2.75) is 13.0 Å². The molecule has 0 amide bonds. The third-order valence-corrected chi connectivity index (χ3v) is 1.68. The summed E-state index contributed by atoms with van der Waals surface area (Å²) in [6, 6.07) is 0. The molecule has 0 saturated carbocycles. The molecule has 0 aromatic heterocycles. The number of hydrogen-bond donors (Lipinski definition) is 0. The highest BCUT2D eigenvalue weighted by Crippen LogP contribution is 2.08. The van der Waals surface area contributed by atoms with Crippen molar-refractivity contribution in [2.75, 3.05) is 20.3 Å². The molecule has 0 aliphatic heterocycles. The van der Waals surface area contributed by atoms with Crippen LogP contribution < -0.4 is 0 Å². The van der Waals surface area contributed by atoms with Crippen LogP contribution >= 0.6 is 0 Å². The van der Waals surface area contributed by atoms with Crippen LogP contribution in [0.25, 0.3) is 0 Å². The maximum Gasteiger partial charge on any atom is 0.105 e. The Hall–Kier alpha value is -0.860. The summed E-state index contributed by atoms with van der Waals surface area (Å²) in [4.78, 5) is 0. The topological polar surface area (TPSA) is 18.5 Å². The second kappa shape index (κ2) is 7.77. The molecule has 0 heterocycles. The lowest BCUT2D eigenvalue weighted by molar-refractivity contribution is 0.0341. The number of allylic oxidation sites excluding steroid dienone is 2. The maximum absolute atomic E-state index is 5.27. The number of ether oxygens (including phenoxy) is 2. The molecule has 2 nitrogen and oxygen atoms in total. The summed E-state index contributed by atoms with van der Waals surface area (Å²) in [7, 11) is 1.66. The number of rotatable bonds is 7. The first-order valence-electron chi connectivity index (χ1n) is 4.35. The standard InChI is InChI=1S/C11H18O2/c1-5-8-10(6-2)11(12-4)9-13-7-3/h5-6,8,11H,1-2,7,9H2,3-4H3/b10-8+/t11-/m1/s1. The van der Waals surface area contributed by atoms with Gasteiger partial charge in [-0.2, -0.15) is 0 Å². The van der Waals surface area contributed by atoms with Gasteiger partial charge in [-0.15, -0.1) is 0 Å². The van der Waals surface area contributed by atoms with Gasteiger partial charge in [-0.3, -0.25) is 0 Å². The Morgan fingerprint density at radius 3 is 2.54 bits per heavy atom. The van der Waals surface area contributed by atoms with Gasteiger partial charge in [0.15, 0.2) is 0 Å². The minimum Gasteiger partial charge on any atom is -0.379 e. The van der Waals surface area contributed by atoms with Crippen LogP contribution in [-0.4, -0.2) is 26.4 Å². The van der Waals surface area contributed by atoms with Crippen LogP contribution in [0.1, 0.15) is 6.92 Å². The van der Waals surface area contributed by atoms with Gasteiger partial charge >= 0.3 is 0 Å². The molecular formula is C11H18O2. The summed E-state index contributed by atoms with van der Waals surface area (Å²) in [5.41, 5.74) is 0.992. The van der Waals surface area contributed by atoms with Crippen molar-refractivity contribution in [2.24, 2.45) is 0 Å². The minimum absolute atomic E-state index is 0.0459. The fourth-order valence-electron chi connectivity index (χ4n) is 0.968. The van der Waals surface area contributed by atoms with Gasteiger partial charge in [0, 0.05) is 13.7 Å². The Morgan fingerprint density at radius 1 is 1.46 bits per heavy atom. The first-order chi connectivity index (χ1) is 6.29. The van der Waals surface area contributed by atoms with E-state index in [1.165, 1.54) is 0 Å². The average Bonchev–Trinajstić information content (AvgIpc) is 2.17. The zero-order valence-corrected chi connectivity index (χ0v) is 8.45. The molecule has 0 aliphatic carbocycles. The van der Waals surface area contributed by atoms with E-state index in [0.29, 0.717) is 13.2 Å². The summed E-state index contributed by atoms with van der Waals surface area (Å²) >= 11 is 0. The fraction of sp³-hybridized carbons (Fsp3) is 0.455. The summed E-state index contributed by atoms with van der Waals surface area (Å²) in [5, 5.41) is 0. The number of hydrogen-bond acceptors (Lipinski definition) is 2. The molecule has 0 saturated heterocycles. The van der Waals surface area contributed by atoms with E-state index in [-0.39, 0.29) is 6.10 Å². The lowest BCUT2D eigenvalue weighted by Crippen LogP contribution is -2.19. The molecule has 74 valence electrons. The summed E-state index contributed by atoms with van der Waals surface area (Å²) in [6.07, 6.45) is 5.31. The van der Waals surface area contributed by atoms with Crippen LogP contribution in [0.15, 0.2) is 37.0 Å². The van der Waals surface area contributed by atoms with Gasteiger partial charge in [0.05, 0.1) is 6.61 Å². The van der Waals surface area contributed by atoms with Gasteiger partial charge in [-0.25, -0.2) is 0 Å². The Balaban J connectivity index is 4.24. The second-order valence-corrected chi connectivity index (χ2v) is 2.49. The van der Waals surface area contributed by atoms with Crippen molar-refractivity contribution in [1.29, 1.82) is 0 Å². The molecule has 0 rings (SSSR count). The molecule has 1 atom stereocenters. The van der Waals surface area contributed by atoms with Crippen LogP contribution in [0.3, 0.4) is 0 Å². The molecule has 2 heteroatoms. The molecular weight excluding hydrogens is 164 g/mol. The van der Waals surface area contributed by atoms with Gasteiger partial charge in [0.25, 0.3) is 0 Å². The van der Waals surface area contributed by atoms with E-state index < -0.39 is 0 Å². The van der Waals surface area contributed by atoms with Crippen molar-refractivity contribution in [3.63, 3.8) is 0 Å². The molecule has 0 aromatic rings. The van der Waals surface area contributed by atoms with Crippen LogP contribution in [0, 0.1) is 0 Å². The molecule has 0 fully saturated rings. The predicted octanol–water partition coefficient (Wildman–Crippen LogP) is 2.34. The van der Waals surface area contributed by atoms with E-state index in [1.807, 2.05) is 13.0 Å². The molecule has 0 bridgehead atoms. The average molecular weight is 182 g/mol. The predicted molar refractivity (Wildman–Crippen MR) is 55.8 cm³/mol. The minimum atomic E-state index is -0.0459. The van der Waals surface area contributed by atoms with E-state index in [1.54, 1.807) is 19.3 Å². The highest BCUT2D eigenvalue weighted by molar-refractivity contribution is 5.25. The van der Waals surface area contributed by atoms with Crippen molar-refractivity contribution >= 4 is 0 Å². The van der Waals surface area contributed by atoms with Crippen molar-refractivity contribution in [3.8, 4) is 0 Å². The summed E-state index contributed by atoms with van der Waals surface area (Å²) in [5.74, 6) is 0. The highest BCUT2D eigenvalue weighted by Gasteiger charge is 2.09. The SMILES string of the molecule is C=C/C=C(\C=C)[C@@H](COCC)OC. The van der Waals surface area contributed by atoms with Crippen molar-refractivity contribution < 1.29 is 9.47 Å². The van der Waals surface area contributed by atoms with Crippen LogP contribution in [0.4, 0.5) is 0 Å². The van der Waals surface area contributed by atoms with E-state index in [9.17, 15) is 0 Å². The van der Waals surface area contributed by atoms with E-state index >= 15 is 0 Å². The molecule has 0 spiro atoms. The highest BCUT2D eigenvalue weighted by atomic mass is 16.5. The van der Waals surface area contributed by atoms with E-state index in [4.69, 9.17) is 9.47 Å². The monoisotopic (exact) mass is 182 g/mol. The Bertz CT molecular complexity index is 183. The Morgan fingerprint density at radius 2 is 2.15 bits per heavy atom. The Kier molecular flexibility index (Phi) is 7.26. The van der Waals surface area contributed by atoms with Crippen LogP contribution in [0.2, 0.25) is 0 Å². The second-order valence-electron chi connectivity index (χ2n) is 2.49. The largest absolute Gasteiger partial charge is 0.379 e. The maximum atomic E-state index is 5.27. The zero-order chi connectivity index (χ0) is 10.1. The van der Waals surface area contributed by atoms with Crippen LogP contribution in [0.5, 0.6) is 0 Å². The quantitative estimate of drug-likeness (QED) is 0.563. The lowest BCUT2D eigenvalue weighted by Gasteiger charge is -2.15. The van der Waals surface area contributed by atoms with E-state index in [0.717, 1.165) is 5.57 Å². The summed E-state index contributed by atoms with van der Waals surface area (Å²) in [6.45, 7) is 10.5. The molecule has 13 heavy (non-hydrogen) atoms. The first kappa shape index (κ1) is 12.1. The normalized spacial score (nSPS) is 13.8. The molecule has 0 N–H and O–H groups in total. The fourth-order valence-corrected chi connectivity index (χ4v) is 0.968. The van der Waals surface area contributed by atoms with E-state index in [2.05, 4.69) is 13.2 Å². The molecule has 0 unspecified atom stereocenters. The molecule has 0 radical (unpaired) electrons. The Labute approximate surface area is 80.5 Å². The third kappa shape index (κ3) is 4.65. The van der Waals surface area contributed by atoms with Gasteiger partial charge < -0.3 is 9.47 Å². The van der Waals surface area contributed by atoms with Gasteiger partial charge in [0.2, 0.25) is 0 Å². The lowest BCUT2D eigenvalue weighted by atomic mass is 10.1.